The van der Waals surface area contributed by atoms with Gasteiger partial charge in [0, 0.05) is 12.1 Å². The maximum Gasteiger partial charge on any atom is 0.410 e. The number of hydrogen-bond acceptors (Lipinski definition) is 7. The topological polar surface area (TPSA) is 96.5 Å². The van der Waals surface area contributed by atoms with Crippen LogP contribution in [0.2, 0.25) is 0 Å². The first-order chi connectivity index (χ1) is 17.8. The van der Waals surface area contributed by atoms with E-state index in [9.17, 15) is 18.0 Å². The highest BCUT2D eigenvalue weighted by molar-refractivity contribution is 7.85. The van der Waals surface area contributed by atoms with Crippen LogP contribution in [0.4, 0.5) is 10.5 Å². The molecule has 11 heteroatoms. The fourth-order valence-corrected chi connectivity index (χ4v) is 4.85. The molecule has 0 spiro atoms. The second kappa shape index (κ2) is 12.5. The maximum absolute atomic E-state index is 13.8. The Morgan fingerprint density at radius 1 is 1.11 bits per heavy atom. The number of para-hydroxylation sites is 1. The second-order valence-electron chi connectivity index (χ2n) is 10.3. The van der Waals surface area contributed by atoms with Gasteiger partial charge in [0.05, 0.1) is 31.1 Å². The van der Waals surface area contributed by atoms with Crippen LogP contribution in [0.3, 0.4) is 0 Å². The molecule has 0 aromatic heterocycles. The van der Waals surface area contributed by atoms with Gasteiger partial charge in [0.1, 0.15) is 11.1 Å². The quantitative estimate of drug-likeness (QED) is 0.239. The molecule has 1 aliphatic rings. The Balaban J connectivity index is 2.02. The molecule has 0 saturated carbocycles. The minimum atomic E-state index is -3.72. The Kier molecular flexibility index (Phi) is 9.80. The molecule has 0 N–H and O–H groups in total. The summed E-state index contributed by atoms with van der Waals surface area (Å²) in [5.41, 5.74) is 0.572. The molecule has 38 heavy (non-hydrogen) atoms. The third-order valence-electron chi connectivity index (χ3n) is 5.87. The Morgan fingerprint density at radius 3 is 2.32 bits per heavy atom. The number of benzene rings is 2. The molecule has 2 aromatic carbocycles. The summed E-state index contributed by atoms with van der Waals surface area (Å²) in [6.07, 6.45) is 1.89. The van der Waals surface area contributed by atoms with E-state index in [2.05, 4.69) is 0 Å². The number of nitrogens with zero attached hydrogens (tertiary/aromatic N) is 3. The average molecular weight is 566 g/mol. The van der Waals surface area contributed by atoms with Gasteiger partial charge < -0.3 is 4.74 Å². The highest BCUT2D eigenvalue weighted by Crippen LogP contribution is 2.32. The lowest BCUT2D eigenvalue weighted by Gasteiger charge is -2.37. The highest BCUT2D eigenvalue weighted by Gasteiger charge is 2.35. The standard InChI is InChI=1S/C27H36ClN3O6S/c1-20(19-36-38(5,34)35)29(26(33)37-27(2,3)4)18-22-14-9-10-15-23(22)31(30-17-11-16-24(30)28)25(32)21-12-7-6-8-13-21/h6-10,12-15,20,24H,11,16-19H2,1-5H3. The third kappa shape index (κ3) is 8.17. The number of carbonyl (C=O) groups is 2. The molecule has 3 rings (SSSR count). The predicted octanol–water partition coefficient (Wildman–Crippen LogP) is 5.01. The van der Waals surface area contributed by atoms with Crippen molar-refractivity contribution < 1.29 is 26.9 Å². The van der Waals surface area contributed by atoms with Crippen LogP contribution >= 0.6 is 11.6 Å². The smallest absolute Gasteiger partial charge is 0.410 e. The summed E-state index contributed by atoms with van der Waals surface area (Å²) < 4.78 is 33.9. The fraction of sp³-hybridized carbons (Fsp3) is 0.481. The van der Waals surface area contributed by atoms with E-state index in [0.717, 1.165) is 19.1 Å². The molecule has 2 amide bonds. The van der Waals surface area contributed by atoms with Gasteiger partial charge in [-0.25, -0.2) is 9.80 Å². The fourth-order valence-electron chi connectivity index (χ4n) is 4.07. The largest absolute Gasteiger partial charge is 0.444 e. The number of anilines is 1. The number of alkyl halides is 1. The predicted molar refractivity (Wildman–Crippen MR) is 147 cm³/mol. The van der Waals surface area contributed by atoms with Crippen molar-refractivity contribution in [3.8, 4) is 0 Å². The van der Waals surface area contributed by atoms with Gasteiger partial charge in [-0.15, -0.1) is 11.6 Å². The Bertz CT molecular complexity index is 1220. The van der Waals surface area contributed by atoms with Crippen LogP contribution in [-0.4, -0.2) is 66.9 Å². The number of carbonyl (C=O) groups excluding carboxylic acids is 2. The molecule has 2 unspecified atom stereocenters. The van der Waals surface area contributed by atoms with Crippen LogP contribution in [0.25, 0.3) is 0 Å². The van der Waals surface area contributed by atoms with Crippen LogP contribution in [0, 0.1) is 0 Å². The van der Waals surface area contributed by atoms with Crippen LogP contribution in [0.15, 0.2) is 54.6 Å². The molecule has 1 saturated heterocycles. The van der Waals surface area contributed by atoms with Crippen molar-refractivity contribution in [2.24, 2.45) is 0 Å². The van der Waals surface area contributed by atoms with Crippen LogP contribution in [0.5, 0.6) is 0 Å². The van der Waals surface area contributed by atoms with Crippen molar-refractivity contribution in [2.45, 2.75) is 64.2 Å². The van der Waals surface area contributed by atoms with Crippen LogP contribution < -0.4 is 5.01 Å². The van der Waals surface area contributed by atoms with Gasteiger partial charge in [0.2, 0.25) is 0 Å². The molecule has 1 heterocycles. The van der Waals surface area contributed by atoms with Gasteiger partial charge in [-0.1, -0.05) is 36.4 Å². The number of amides is 2. The minimum absolute atomic E-state index is 0.0404. The van der Waals surface area contributed by atoms with Gasteiger partial charge in [-0.2, -0.15) is 13.4 Å². The number of halogens is 1. The van der Waals surface area contributed by atoms with E-state index in [4.69, 9.17) is 20.5 Å². The Hall–Kier alpha value is -2.66. The summed E-state index contributed by atoms with van der Waals surface area (Å²) in [6.45, 7) is 7.33. The van der Waals surface area contributed by atoms with E-state index in [-0.39, 0.29) is 24.6 Å². The normalized spacial score (nSPS) is 17.2. The maximum atomic E-state index is 13.8. The molecule has 1 fully saturated rings. The summed E-state index contributed by atoms with van der Waals surface area (Å²) in [5.74, 6) is -0.247. The zero-order chi connectivity index (χ0) is 28.1. The molecule has 0 bridgehead atoms. The van der Waals surface area contributed by atoms with E-state index < -0.39 is 27.9 Å². The van der Waals surface area contributed by atoms with Crippen molar-refractivity contribution >= 4 is 39.4 Å². The summed E-state index contributed by atoms with van der Waals surface area (Å²) in [5, 5.41) is 3.42. The second-order valence-corrected chi connectivity index (χ2v) is 12.4. The van der Waals surface area contributed by atoms with E-state index in [1.807, 2.05) is 35.3 Å². The summed E-state index contributed by atoms with van der Waals surface area (Å²) in [4.78, 5) is 28.5. The molecule has 9 nitrogen and oxygen atoms in total. The number of hydrogen-bond donors (Lipinski definition) is 0. The number of ether oxygens (including phenoxy) is 1. The van der Waals surface area contributed by atoms with Gasteiger partial charge in [0.25, 0.3) is 16.0 Å². The van der Waals surface area contributed by atoms with Crippen LogP contribution in [-0.2, 0) is 25.6 Å². The van der Waals surface area contributed by atoms with Crippen LogP contribution in [0.1, 0.15) is 56.5 Å². The van der Waals surface area contributed by atoms with E-state index in [1.54, 1.807) is 57.0 Å². The highest BCUT2D eigenvalue weighted by atomic mass is 35.5. The van der Waals surface area contributed by atoms with Gasteiger partial charge in [0.15, 0.2) is 0 Å². The molecule has 2 atom stereocenters. The third-order valence-corrected chi connectivity index (χ3v) is 6.87. The van der Waals surface area contributed by atoms with E-state index in [1.165, 1.54) is 4.90 Å². The van der Waals surface area contributed by atoms with Crippen molar-refractivity contribution in [1.82, 2.24) is 9.91 Å². The first-order valence-corrected chi connectivity index (χ1v) is 14.7. The van der Waals surface area contributed by atoms with E-state index in [0.29, 0.717) is 23.4 Å². The first-order valence-electron chi connectivity index (χ1n) is 12.5. The molecular weight excluding hydrogens is 530 g/mol. The van der Waals surface area contributed by atoms with Crippen molar-refractivity contribution in [3.05, 3.63) is 65.7 Å². The van der Waals surface area contributed by atoms with Crippen molar-refractivity contribution in [1.29, 1.82) is 0 Å². The number of rotatable bonds is 9. The molecule has 1 aliphatic heterocycles. The Morgan fingerprint density at radius 2 is 1.74 bits per heavy atom. The lowest BCUT2D eigenvalue weighted by molar-refractivity contribution is 0.0110. The lowest BCUT2D eigenvalue weighted by Crippen LogP contribution is -2.49. The molecule has 0 radical (unpaired) electrons. The number of hydrazine groups is 1. The molecular formula is C27H36ClN3O6S. The zero-order valence-corrected chi connectivity index (χ0v) is 24.0. The molecule has 2 aromatic rings. The van der Waals surface area contributed by atoms with Crippen molar-refractivity contribution in [2.75, 3.05) is 24.4 Å². The van der Waals surface area contributed by atoms with Crippen molar-refractivity contribution in [3.63, 3.8) is 0 Å². The van der Waals surface area contributed by atoms with Gasteiger partial charge >= 0.3 is 6.09 Å². The monoisotopic (exact) mass is 565 g/mol. The summed E-state index contributed by atoms with van der Waals surface area (Å²) >= 11 is 6.64. The molecule has 0 aliphatic carbocycles. The SMILES string of the molecule is CC(COS(C)(=O)=O)N(Cc1ccccc1N(C(=O)c1ccccc1)N1CCCC1Cl)C(=O)OC(C)(C)C. The van der Waals surface area contributed by atoms with Gasteiger partial charge in [-0.3, -0.25) is 13.9 Å². The zero-order valence-electron chi connectivity index (χ0n) is 22.5. The minimum Gasteiger partial charge on any atom is -0.444 e. The summed E-state index contributed by atoms with van der Waals surface area (Å²) in [6, 6.07) is 15.5. The summed E-state index contributed by atoms with van der Waals surface area (Å²) in [7, 11) is -3.72. The first kappa shape index (κ1) is 29.9. The average Bonchev–Trinajstić information content (AvgIpc) is 3.26. The van der Waals surface area contributed by atoms with Gasteiger partial charge in [-0.05, 0) is 64.3 Å². The lowest BCUT2D eigenvalue weighted by atomic mass is 10.1. The van der Waals surface area contributed by atoms with E-state index >= 15 is 0 Å². The molecule has 208 valence electrons. The Labute approximate surface area is 230 Å².